The molecule has 1 N–H and O–H groups in total. The molecule has 1 aliphatic carbocycles. The van der Waals surface area contributed by atoms with Crippen LogP contribution in [0.25, 0.3) is 0 Å². The second kappa shape index (κ2) is 3.70. The predicted octanol–water partition coefficient (Wildman–Crippen LogP) is 1.61. The summed E-state index contributed by atoms with van der Waals surface area (Å²) in [5.41, 5.74) is 0.0978. The molecule has 0 aromatic heterocycles. The molecule has 1 saturated carbocycles. The van der Waals surface area contributed by atoms with Crippen LogP contribution in [0.5, 0.6) is 11.5 Å². The molecule has 0 amide bonds. The minimum atomic E-state index is -0.612. The fourth-order valence-electron chi connectivity index (χ4n) is 1.97. The highest BCUT2D eigenvalue weighted by Gasteiger charge is 2.54. The maximum Gasteiger partial charge on any atom is 0.316 e. The SMILES string of the molecule is COC(=O)C1(c2cc(O)ccc2OC)CC1. The van der Waals surface area contributed by atoms with E-state index in [1.807, 2.05) is 0 Å². The zero-order valence-electron chi connectivity index (χ0n) is 9.32. The monoisotopic (exact) mass is 222 g/mol. The van der Waals surface area contributed by atoms with Crippen molar-refractivity contribution in [2.75, 3.05) is 14.2 Å². The Morgan fingerprint density at radius 3 is 2.56 bits per heavy atom. The third kappa shape index (κ3) is 1.50. The van der Waals surface area contributed by atoms with Gasteiger partial charge in [-0.3, -0.25) is 4.79 Å². The van der Waals surface area contributed by atoms with Crippen molar-refractivity contribution >= 4 is 5.97 Å². The maximum absolute atomic E-state index is 11.7. The number of benzene rings is 1. The molecular weight excluding hydrogens is 208 g/mol. The molecule has 0 bridgehead atoms. The van der Waals surface area contributed by atoms with E-state index in [0.717, 1.165) is 12.8 Å². The van der Waals surface area contributed by atoms with Crippen LogP contribution < -0.4 is 4.74 Å². The van der Waals surface area contributed by atoms with Gasteiger partial charge in [-0.15, -0.1) is 0 Å². The molecule has 1 fully saturated rings. The third-order valence-corrected chi connectivity index (χ3v) is 3.02. The van der Waals surface area contributed by atoms with Gasteiger partial charge in [0.05, 0.1) is 19.6 Å². The first-order chi connectivity index (χ1) is 7.64. The summed E-state index contributed by atoms with van der Waals surface area (Å²) in [4.78, 5) is 11.7. The molecule has 1 aromatic rings. The Kier molecular flexibility index (Phi) is 2.50. The van der Waals surface area contributed by atoms with E-state index < -0.39 is 5.41 Å². The number of phenolic OH excluding ortho intramolecular Hbond substituents is 1. The van der Waals surface area contributed by atoms with E-state index in [2.05, 4.69) is 0 Å². The second-order valence-electron chi connectivity index (χ2n) is 3.96. The van der Waals surface area contributed by atoms with Crippen LogP contribution in [0, 0.1) is 0 Å². The van der Waals surface area contributed by atoms with Crippen LogP contribution in [0.1, 0.15) is 18.4 Å². The van der Waals surface area contributed by atoms with Gasteiger partial charge in [-0.1, -0.05) is 0 Å². The first-order valence-corrected chi connectivity index (χ1v) is 5.10. The summed E-state index contributed by atoms with van der Waals surface area (Å²) in [6, 6.07) is 4.77. The Morgan fingerprint density at radius 1 is 1.38 bits per heavy atom. The zero-order valence-corrected chi connectivity index (χ0v) is 9.32. The first-order valence-electron chi connectivity index (χ1n) is 5.10. The van der Waals surface area contributed by atoms with Crippen LogP contribution in [0.4, 0.5) is 0 Å². The Morgan fingerprint density at radius 2 is 2.06 bits per heavy atom. The van der Waals surface area contributed by atoms with Crippen LogP contribution in [0.2, 0.25) is 0 Å². The van der Waals surface area contributed by atoms with Crippen LogP contribution in [-0.2, 0) is 14.9 Å². The van der Waals surface area contributed by atoms with Crippen LogP contribution >= 0.6 is 0 Å². The molecule has 0 saturated heterocycles. The van der Waals surface area contributed by atoms with E-state index in [-0.39, 0.29) is 11.7 Å². The zero-order chi connectivity index (χ0) is 11.8. The standard InChI is InChI=1S/C12H14O4/c1-15-10-4-3-8(13)7-9(10)12(5-6-12)11(14)16-2/h3-4,7,13H,5-6H2,1-2H3. The predicted molar refractivity (Wildman–Crippen MR) is 57.6 cm³/mol. The fraction of sp³-hybridized carbons (Fsp3) is 0.417. The first kappa shape index (κ1) is 10.8. The van der Waals surface area contributed by atoms with Gasteiger partial charge >= 0.3 is 5.97 Å². The van der Waals surface area contributed by atoms with Crippen molar-refractivity contribution in [2.24, 2.45) is 0 Å². The Bertz CT molecular complexity index is 421. The summed E-state index contributed by atoms with van der Waals surface area (Å²) in [7, 11) is 2.92. The number of rotatable bonds is 3. The van der Waals surface area contributed by atoms with Crippen molar-refractivity contribution in [1.29, 1.82) is 0 Å². The van der Waals surface area contributed by atoms with Gasteiger partial charge in [-0.05, 0) is 31.0 Å². The molecule has 1 aliphatic rings. The molecule has 0 spiro atoms. The van der Waals surface area contributed by atoms with Crippen LogP contribution in [0.15, 0.2) is 18.2 Å². The van der Waals surface area contributed by atoms with Crippen molar-refractivity contribution in [3.63, 3.8) is 0 Å². The molecular formula is C12H14O4. The molecule has 0 radical (unpaired) electrons. The molecule has 0 heterocycles. The highest BCUT2D eigenvalue weighted by molar-refractivity contribution is 5.87. The van der Waals surface area contributed by atoms with Gasteiger partial charge in [0.25, 0.3) is 0 Å². The van der Waals surface area contributed by atoms with Crippen LogP contribution in [-0.4, -0.2) is 25.3 Å². The van der Waals surface area contributed by atoms with E-state index >= 15 is 0 Å². The third-order valence-electron chi connectivity index (χ3n) is 3.02. The summed E-state index contributed by atoms with van der Waals surface area (Å²) in [5.74, 6) is 0.475. The van der Waals surface area contributed by atoms with Gasteiger partial charge in [-0.25, -0.2) is 0 Å². The van der Waals surface area contributed by atoms with Crippen molar-refractivity contribution in [3.05, 3.63) is 23.8 Å². The lowest BCUT2D eigenvalue weighted by Gasteiger charge is -2.16. The van der Waals surface area contributed by atoms with Crippen molar-refractivity contribution in [2.45, 2.75) is 18.3 Å². The second-order valence-corrected chi connectivity index (χ2v) is 3.96. The lowest BCUT2D eigenvalue weighted by Crippen LogP contribution is -2.22. The summed E-state index contributed by atoms with van der Waals surface area (Å²) < 4.78 is 10.00. The summed E-state index contributed by atoms with van der Waals surface area (Å²) in [5, 5.41) is 9.47. The number of aromatic hydroxyl groups is 1. The van der Waals surface area contributed by atoms with Crippen molar-refractivity contribution < 1.29 is 19.4 Å². The molecule has 4 nitrogen and oxygen atoms in total. The topological polar surface area (TPSA) is 55.8 Å². The normalized spacial score (nSPS) is 16.6. The number of ether oxygens (including phenoxy) is 2. The van der Waals surface area contributed by atoms with Crippen molar-refractivity contribution in [1.82, 2.24) is 0 Å². The number of carbonyl (C=O) groups is 1. The number of hydrogen-bond donors (Lipinski definition) is 1. The van der Waals surface area contributed by atoms with Crippen LogP contribution in [0.3, 0.4) is 0 Å². The van der Waals surface area contributed by atoms with E-state index in [1.165, 1.54) is 13.2 Å². The average molecular weight is 222 g/mol. The molecule has 1 aromatic carbocycles. The van der Waals surface area contributed by atoms with Gasteiger partial charge in [0.1, 0.15) is 11.5 Å². The number of carbonyl (C=O) groups excluding carboxylic acids is 1. The fourth-order valence-corrected chi connectivity index (χ4v) is 1.97. The molecule has 0 aliphatic heterocycles. The quantitative estimate of drug-likeness (QED) is 0.789. The Labute approximate surface area is 93.8 Å². The van der Waals surface area contributed by atoms with Gasteiger partial charge in [-0.2, -0.15) is 0 Å². The highest BCUT2D eigenvalue weighted by atomic mass is 16.5. The van der Waals surface area contributed by atoms with Gasteiger partial charge in [0.15, 0.2) is 0 Å². The van der Waals surface area contributed by atoms with Crippen molar-refractivity contribution in [3.8, 4) is 11.5 Å². The number of methoxy groups -OCH3 is 2. The maximum atomic E-state index is 11.7. The number of phenols is 1. The lowest BCUT2D eigenvalue weighted by molar-refractivity contribution is -0.143. The lowest BCUT2D eigenvalue weighted by atomic mass is 9.95. The number of hydrogen-bond acceptors (Lipinski definition) is 4. The molecule has 0 atom stereocenters. The largest absolute Gasteiger partial charge is 0.508 e. The van der Waals surface area contributed by atoms with E-state index in [0.29, 0.717) is 11.3 Å². The molecule has 4 heteroatoms. The smallest absolute Gasteiger partial charge is 0.316 e. The molecule has 86 valence electrons. The molecule has 2 rings (SSSR count). The minimum absolute atomic E-state index is 0.131. The Balaban J connectivity index is 2.47. The van der Waals surface area contributed by atoms with Gasteiger partial charge in [0.2, 0.25) is 0 Å². The van der Waals surface area contributed by atoms with E-state index in [4.69, 9.17) is 9.47 Å². The average Bonchev–Trinajstić information content (AvgIpc) is 3.09. The summed E-state index contributed by atoms with van der Waals surface area (Å²) in [6.45, 7) is 0. The molecule has 16 heavy (non-hydrogen) atoms. The van der Waals surface area contributed by atoms with E-state index in [9.17, 15) is 9.90 Å². The van der Waals surface area contributed by atoms with Gasteiger partial charge in [0, 0.05) is 5.56 Å². The summed E-state index contributed by atoms with van der Waals surface area (Å²) in [6.07, 6.45) is 1.47. The molecule has 0 unspecified atom stereocenters. The minimum Gasteiger partial charge on any atom is -0.508 e. The Hall–Kier alpha value is -1.71. The van der Waals surface area contributed by atoms with Gasteiger partial charge < -0.3 is 14.6 Å². The summed E-state index contributed by atoms with van der Waals surface area (Å²) >= 11 is 0. The number of esters is 1. The highest BCUT2D eigenvalue weighted by Crippen LogP contribution is 2.52. The van der Waals surface area contributed by atoms with E-state index in [1.54, 1.807) is 19.2 Å².